The monoisotopic (exact) mass is 347 g/mol. The van der Waals surface area contributed by atoms with Gasteiger partial charge in [0.2, 0.25) is 17.7 Å². The van der Waals surface area contributed by atoms with Gasteiger partial charge >= 0.3 is 0 Å². The van der Waals surface area contributed by atoms with Crippen molar-refractivity contribution in [2.45, 2.75) is 51.5 Å². The van der Waals surface area contributed by atoms with Crippen LogP contribution in [0.25, 0.3) is 0 Å². The van der Waals surface area contributed by atoms with Gasteiger partial charge in [0.15, 0.2) is 0 Å². The summed E-state index contributed by atoms with van der Waals surface area (Å²) in [6.45, 7) is 5.66. The summed E-state index contributed by atoms with van der Waals surface area (Å²) >= 11 is 0. The second kappa shape index (κ2) is 5.71. The number of carbonyl (C=O) groups excluding carboxylic acids is 2. The molecule has 0 aromatic carbocycles. The maximum absolute atomic E-state index is 12.6. The van der Waals surface area contributed by atoms with E-state index in [2.05, 4.69) is 34.2 Å². The Balaban J connectivity index is 1.46. The smallest absolute Gasteiger partial charge is 0.266 e. The second-order valence-electron chi connectivity index (χ2n) is 8.05. The molecule has 25 heavy (non-hydrogen) atoms. The van der Waals surface area contributed by atoms with E-state index in [9.17, 15) is 9.59 Å². The van der Waals surface area contributed by atoms with Crippen LogP contribution in [0.3, 0.4) is 0 Å². The number of primary amides is 1. The standard InChI is InChI=1S/C17H25N5O3/c1-9(2)11-7-22(16-20-13(25-21-16)10-3-4-10)8-12(11)19-15(24)17(5-6-17)14(18)23/h9-12H,3-8H2,1-2H3,(H2,18,23)(H,19,24)/t11-,12+/m1/s1. The number of amides is 2. The number of rotatable bonds is 6. The summed E-state index contributed by atoms with van der Waals surface area (Å²) in [5.74, 6) is 1.63. The Bertz CT molecular complexity index is 692. The topological polar surface area (TPSA) is 114 Å². The largest absolute Gasteiger partial charge is 0.369 e. The Morgan fingerprint density at radius 3 is 2.60 bits per heavy atom. The van der Waals surface area contributed by atoms with E-state index in [1.165, 1.54) is 0 Å². The van der Waals surface area contributed by atoms with Crippen molar-refractivity contribution in [3.63, 3.8) is 0 Å². The van der Waals surface area contributed by atoms with Gasteiger partial charge in [-0.3, -0.25) is 9.59 Å². The Hall–Kier alpha value is -2.12. The number of aromatic nitrogens is 2. The fourth-order valence-corrected chi connectivity index (χ4v) is 3.69. The first-order chi connectivity index (χ1) is 11.9. The highest BCUT2D eigenvalue weighted by atomic mass is 16.5. The minimum atomic E-state index is -0.986. The lowest BCUT2D eigenvalue weighted by molar-refractivity contribution is -0.136. The van der Waals surface area contributed by atoms with Crippen LogP contribution in [0, 0.1) is 17.3 Å². The molecule has 2 heterocycles. The Kier molecular flexibility index (Phi) is 3.73. The molecule has 2 saturated carbocycles. The van der Waals surface area contributed by atoms with Gasteiger partial charge in [0, 0.05) is 24.9 Å². The van der Waals surface area contributed by atoms with Gasteiger partial charge in [0.25, 0.3) is 5.95 Å². The van der Waals surface area contributed by atoms with Crippen LogP contribution in [0.4, 0.5) is 5.95 Å². The van der Waals surface area contributed by atoms with E-state index >= 15 is 0 Å². The number of nitrogens with two attached hydrogens (primary N) is 1. The van der Waals surface area contributed by atoms with E-state index in [-0.39, 0.29) is 17.9 Å². The molecule has 8 heteroatoms. The van der Waals surface area contributed by atoms with Crippen LogP contribution in [0.15, 0.2) is 4.52 Å². The normalized spacial score (nSPS) is 27.6. The van der Waals surface area contributed by atoms with Crippen LogP contribution >= 0.6 is 0 Å². The number of hydrogen-bond acceptors (Lipinski definition) is 6. The van der Waals surface area contributed by atoms with E-state index < -0.39 is 11.3 Å². The van der Waals surface area contributed by atoms with Crippen LogP contribution in [-0.4, -0.2) is 41.1 Å². The molecule has 0 unspecified atom stereocenters. The first-order valence-electron chi connectivity index (χ1n) is 9.10. The lowest BCUT2D eigenvalue weighted by Gasteiger charge is -2.24. The van der Waals surface area contributed by atoms with Gasteiger partial charge in [-0.2, -0.15) is 4.98 Å². The molecule has 4 rings (SSSR count). The highest BCUT2D eigenvalue weighted by Crippen LogP contribution is 2.46. The van der Waals surface area contributed by atoms with Gasteiger partial charge in [-0.1, -0.05) is 13.8 Å². The fourth-order valence-electron chi connectivity index (χ4n) is 3.69. The van der Waals surface area contributed by atoms with Crippen LogP contribution in [0.5, 0.6) is 0 Å². The molecule has 1 aromatic heterocycles. The molecule has 2 aliphatic carbocycles. The molecule has 0 bridgehead atoms. The van der Waals surface area contributed by atoms with Crippen molar-refractivity contribution < 1.29 is 14.1 Å². The van der Waals surface area contributed by atoms with Crippen molar-refractivity contribution in [1.82, 2.24) is 15.5 Å². The lowest BCUT2D eigenvalue weighted by Crippen LogP contribution is -2.48. The molecule has 2 atom stereocenters. The van der Waals surface area contributed by atoms with Crippen molar-refractivity contribution >= 4 is 17.8 Å². The Morgan fingerprint density at radius 2 is 2.04 bits per heavy atom. The summed E-state index contributed by atoms with van der Waals surface area (Å²) < 4.78 is 5.36. The number of nitrogens with zero attached hydrogens (tertiary/aromatic N) is 3. The van der Waals surface area contributed by atoms with Crippen LogP contribution in [0.1, 0.15) is 51.3 Å². The van der Waals surface area contributed by atoms with Crippen molar-refractivity contribution in [2.75, 3.05) is 18.0 Å². The third kappa shape index (κ3) is 2.87. The van der Waals surface area contributed by atoms with Crippen LogP contribution < -0.4 is 16.0 Å². The van der Waals surface area contributed by atoms with E-state index in [1.807, 2.05) is 0 Å². The average Bonchev–Trinajstić information content (AvgIpc) is 3.47. The van der Waals surface area contributed by atoms with Crippen LogP contribution in [-0.2, 0) is 9.59 Å². The average molecular weight is 347 g/mol. The zero-order valence-corrected chi connectivity index (χ0v) is 14.7. The van der Waals surface area contributed by atoms with Gasteiger partial charge in [0.05, 0.1) is 6.04 Å². The first kappa shape index (κ1) is 16.4. The third-order valence-electron chi connectivity index (χ3n) is 5.83. The van der Waals surface area contributed by atoms with Gasteiger partial charge in [-0.05, 0) is 36.8 Å². The van der Waals surface area contributed by atoms with E-state index in [0.29, 0.717) is 43.1 Å². The lowest BCUT2D eigenvalue weighted by atomic mass is 9.90. The first-order valence-corrected chi connectivity index (χ1v) is 9.10. The van der Waals surface area contributed by atoms with Crippen molar-refractivity contribution in [3.05, 3.63) is 5.89 Å². The highest BCUT2D eigenvalue weighted by molar-refractivity contribution is 6.07. The predicted molar refractivity (Wildman–Crippen MR) is 89.6 cm³/mol. The van der Waals surface area contributed by atoms with E-state index in [0.717, 1.165) is 19.4 Å². The van der Waals surface area contributed by atoms with E-state index in [4.69, 9.17) is 10.3 Å². The summed E-state index contributed by atoms with van der Waals surface area (Å²) in [6, 6.07) is -0.0489. The molecule has 0 spiro atoms. The molecule has 136 valence electrons. The van der Waals surface area contributed by atoms with Gasteiger partial charge < -0.3 is 20.5 Å². The highest BCUT2D eigenvalue weighted by Gasteiger charge is 2.56. The van der Waals surface area contributed by atoms with Gasteiger partial charge in [-0.25, -0.2) is 0 Å². The minimum absolute atomic E-state index is 0.0489. The van der Waals surface area contributed by atoms with Crippen molar-refractivity contribution in [1.29, 1.82) is 0 Å². The molecule has 3 aliphatic rings. The summed E-state index contributed by atoms with van der Waals surface area (Å²) in [7, 11) is 0. The molecule has 8 nitrogen and oxygen atoms in total. The molecule has 1 saturated heterocycles. The fraction of sp³-hybridized carbons (Fsp3) is 0.765. The maximum Gasteiger partial charge on any atom is 0.266 e. The summed E-state index contributed by atoms with van der Waals surface area (Å²) in [5, 5.41) is 7.18. The molecular weight excluding hydrogens is 322 g/mol. The van der Waals surface area contributed by atoms with Crippen molar-refractivity contribution in [3.8, 4) is 0 Å². The molecular formula is C17H25N5O3. The number of anilines is 1. The Morgan fingerprint density at radius 1 is 1.32 bits per heavy atom. The molecule has 3 N–H and O–H groups in total. The molecule has 1 aromatic rings. The second-order valence-corrected chi connectivity index (χ2v) is 8.05. The number of nitrogens with one attached hydrogen (secondary N) is 1. The van der Waals surface area contributed by atoms with Crippen molar-refractivity contribution in [2.24, 2.45) is 23.0 Å². The van der Waals surface area contributed by atoms with Crippen LogP contribution in [0.2, 0.25) is 0 Å². The number of carbonyl (C=O) groups is 2. The zero-order valence-electron chi connectivity index (χ0n) is 14.7. The minimum Gasteiger partial charge on any atom is -0.369 e. The summed E-state index contributed by atoms with van der Waals surface area (Å²) in [4.78, 5) is 30.7. The molecule has 1 aliphatic heterocycles. The molecule has 2 amide bonds. The Labute approximate surface area is 146 Å². The third-order valence-corrected chi connectivity index (χ3v) is 5.83. The number of hydrogen-bond donors (Lipinski definition) is 2. The summed E-state index contributed by atoms with van der Waals surface area (Å²) in [5.41, 5.74) is 4.43. The SMILES string of the molecule is CC(C)[C@H]1CN(c2noc(C3CC3)n2)C[C@@H]1NC(=O)C1(C(N)=O)CC1. The van der Waals surface area contributed by atoms with Gasteiger partial charge in [0.1, 0.15) is 5.41 Å². The quantitative estimate of drug-likeness (QED) is 0.735. The predicted octanol–water partition coefficient (Wildman–Crippen LogP) is 0.790. The zero-order chi connectivity index (χ0) is 17.8. The maximum atomic E-state index is 12.6. The molecule has 3 fully saturated rings. The molecule has 0 radical (unpaired) electrons. The van der Waals surface area contributed by atoms with Gasteiger partial charge in [-0.15, -0.1) is 0 Å². The van der Waals surface area contributed by atoms with E-state index in [1.54, 1.807) is 0 Å². The summed E-state index contributed by atoms with van der Waals surface area (Å²) in [6.07, 6.45) is 3.33.